The summed E-state index contributed by atoms with van der Waals surface area (Å²) in [6.45, 7) is 0. The fourth-order valence-electron chi connectivity index (χ4n) is 1.81. The molecule has 17 heavy (non-hydrogen) atoms. The van der Waals surface area contributed by atoms with E-state index in [1.165, 1.54) is 0 Å². The summed E-state index contributed by atoms with van der Waals surface area (Å²) in [7, 11) is 0. The van der Waals surface area contributed by atoms with Gasteiger partial charge in [-0.15, -0.1) is 0 Å². The molecule has 90 valence electrons. The topological polar surface area (TPSA) is 74.6 Å². The van der Waals surface area contributed by atoms with Crippen LogP contribution in [-0.2, 0) is 10.2 Å². The Hall–Kier alpha value is -1.98. The second-order valence-corrected chi connectivity index (χ2v) is 3.98. The minimum Gasteiger partial charge on any atom is -0.481 e. The Kier molecular flexibility index (Phi) is 2.38. The van der Waals surface area contributed by atoms with Gasteiger partial charge in [0.05, 0.1) is 11.0 Å². The van der Waals surface area contributed by atoms with Crippen molar-refractivity contribution < 1.29 is 28.6 Å². The molecule has 2 rings (SSSR count). The highest BCUT2D eigenvalue weighted by molar-refractivity contribution is 5.89. The third-order valence-corrected chi connectivity index (χ3v) is 2.99. The van der Waals surface area contributed by atoms with E-state index in [1.54, 1.807) is 0 Å². The zero-order chi connectivity index (χ0) is 12.8. The van der Waals surface area contributed by atoms with E-state index < -0.39 is 34.6 Å². The van der Waals surface area contributed by atoms with Gasteiger partial charge in [0, 0.05) is 5.56 Å². The number of hydrogen-bond acceptors (Lipinski definition) is 2. The number of hydrogen-bond donors (Lipinski definition) is 2. The molecule has 0 unspecified atom stereocenters. The van der Waals surface area contributed by atoms with E-state index in [-0.39, 0.29) is 18.4 Å². The Balaban J connectivity index is 2.56. The molecule has 6 heteroatoms. The first-order chi connectivity index (χ1) is 7.90. The van der Waals surface area contributed by atoms with Gasteiger partial charge in [-0.3, -0.25) is 4.79 Å². The summed E-state index contributed by atoms with van der Waals surface area (Å²) >= 11 is 0. The zero-order valence-electron chi connectivity index (χ0n) is 8.54. The molecule has 0 aromatic heterocycles. The first-order valence-electron chi connectivity index (χ1n) is 4.85. The zero-order valence-corrected chi connectivity index (χ0v) is 8.54. The van der Waals surface area contributed by atoms with Crippen molar-refractivity contribution in [3.63, 3.8) is 0 Å². The summed E-state index contributed by atoms with van der Waals surface area (Å²) in [5.74, 6) is -5.71. The van der Waals surface area contributed by atoms with Crippen LogP contribution in [0.4, 0.5) is 8.78 Å². The van der Waals surface area contributed by atoms with Gasteiger partial charge in [0.25, 0.3) is 0 Å². The summed E-state index contributed by atoms with van der Waals surface area (Å²) in [5.41, 5.74) is -2.47. The lowest BCUT2D eigenvalue weighted by atomic mass is 9.94. The molecule has 0 amide bonds. The number of rotatable bonds is 3. The van der Waals surface area contributed by atoms with Gasteiger partial charge in [-0.05, 0) is 18.9 Å². The van der Waals surface area contributed by atoms with Crippen molar-refractivity contribution in [2.24, 2.45) is 0 Å². The van der Waals surface area contributed by atoms with Crippen molar-refractivity contribution in [2.75, 3.05) is 0 Å². The lowest BCUT2D eigenvalue weighted by Crippen LogP contribution is -2.22. The molecule has 0 radical (unpaired) electrons. The van der Waals surface area contributed by atoms with Crippen molar-refractivity contribution in [1.82, 2.24) is 0 Å². The summed E-state index contributed by atoms with van der Waals surface area (Å²) in [6.07, 6.45) is 0.455. The molecular formula is C11H8F2O4. The lowest BCUT2D eigenvalue weighted by Gasteiger charge is -2.12. The molecule has 1 aliphatic rings. The average Bonchev–Trinajstić information content (AvgIpc) is 3.02. The summed E-state index contributed by atoms with van der Waals surface area (Å²) in [6, 6.07) is 1.92. The molecule has 1 aliphatic carbocycles. The highest BCUT2D eigenvalue weighted by Crippen LogP contribution is 2.49. The molecule has 0 atom stereocenters. The minimum absolute atomic E-state index is 0.227. The first kappa shape index (κ1) is 11.5. The van der Waals surface area contributed by atoms with Crippen molar-refractivity contribution in [3.05, 3.63) is 34.9 Å². The molecule has 0 saturated heterocycles. The molecule has 1 aromatic rings. The predicted molar refractivity (Wildman–Crippen MR) is 51.9 cm³/mol. The molecule has 1 aromatic carbocycles. The van der Waals surface area contributed by atoms with Crippen molar-refractivity contribution in [3.8, 4) is 0 Å². The minimum atomic E-state index is -1.59. The number of carbonyl (C=O) groups is 2. The Morgan fingerprint density at radius 1 is 1.12 bits per heavy atom. The van der Waals surface area contributed by atoms with E-state index in [1.807, 2.05) is 0 Å². The van der Waals surface area contributed by atoms with E-state index in [0.717, 1.165) is 12.1 Å². The molecule has 2 N–H and O–H groups in total. The number of carboxylic acid groups (broad SMARTS) is 2. The van der Waals surface area contributed by atoms with E-state index in [4.69, 9.17) is 10.2 Å². The van der Waals surface area contributed by atoms with Gasteiger partial charge in [0.1, 0.15) is 0 Å². The maximum absolute atomic E-state index is 13.6. The lowest BCUT2D eigenvalue weighted by molar-refractivity contribution is -0.140. The predicted octanol–water partition coefficient (Wildman–Crippen LogP) is 1.78. The first-order valence-corrected chi connectivity index (χ1v) is 4.85. The standard InChI is InChI=1S/C11H8F2O4/c12-7-5(9(14)15)1-2-6(8(7)13)11(3-4-11)10(16)17/h1-2H,3-4H2,(H,14,15)(H,16,17). The average molecular weight is 242 g/mol. The van der Waals surface area contributed by atoms with E-state index in [2.05, 4.69) is 0 Å². The molecule has 0 aliphatic heterocycles. The van der Waals surface area contributed by atoms with Crippen LogP contribution in [0, 0.1) is 11.6 Å². The largest absolute Gasteiger partial charge is 0.481 e. The Labute approximate surface area is 94.5 Å². The van der Waals surface area contributed by atoms with Crippen LogP contribution in [0.2, 0.25) is 0 Å². The number of benzene rings is 1. The van der Waals surface area contributed by atoms with Gasteiger partial charge in [-0.1, -0.05) is 6.07 Å². The highest BCUT2D eigenvalue weighted by atomic mass is 19.2. The second kappa shape index (κ2) is 3.51. The molecule has 0 bridgehead atoms. The van der Waals surface area contributed by atoms with E-state index in [9.17, 15) is 18.4 Å². The van der Waals surface area contributed by atoms with Crippen LogP contribution in [0.5, 0.6) is 0 Å². The second-order valence-electron chi connectivity index (χ2n) is 3.98. The van der Waals surface area contributed by atoms with Crippen LogP contribution in [0.1, 0.15) is 28.8 Å². The van der Waals surface area contributed by atoms with Gasteiger partial charge in [-0.2, -0.15) is 0 Å². The van der Waals surface area contributed by atoms with Gasteiger partial charge in [0.2, 0.25) is 0 Å². The smallest absolute Gasteiger partial charge is 0.338 e. The Morgan fingerprint density at radius 2 is 1.71 bits per heavy atom. The van der Waals surface area contributed by atoms with Gasteiger partial charge < -0.3 is 10.2 Å². The molecule has 4 nitrogen and oxygen atoms in total. The molecule has 0 spiro atoms. The van der Waals surface area contributed by atoms with Crippen LogP contribution in [0.25, 0.3) is 0 Å². The maximum atomic E-state index is 13.6. The number of carboxylic acids is 2. The van der Waals surface area contributed by atoms with Crippen molar-refractivity contribution >= 4 is 11.9 Å². The SMILES string of the molecule is O=C(O)c1ccc(C2(C(=O)O)CC2)c(F)c1F. The third kappa shape index (κ3) is 1.56. The van der Waals surface area contributed by atoms with Crippen LogP contribution in [0.15, 0.2) is 12.1 Å². The molecule has 0 heterocycles. The number of halogens is 2. The Bertz CT molecular complexity index is 520. The van der Waals surface area contributed by atoms with Crippen LogP contribution >= 0.6 is 0 Å². The van der Waals surface area contributed by atoms with Crippen LogP contribution < -0.4 is 0 Å². The molecule has 1 fully saturated rings. The normalized spacial score (nSPS) is 16.6. The van der Waals surface area contributed by atoms with E-state index >= 15 is 0 Å². The number of aliphatic carboxylic acids is 1. The van der Waals surface area contributed by atoms with Crippen molar-refractivity contribution in [2.45, 2.75) is 18.3 Å². The Morgan fingerprint density at radius 3 is 2.12 bits per heavy atom. The van der Waals surface area contributed by atoms with E-state index in [0.29, 0.717) is 0 Å². The summed E-state index contributed by atoms with van der Waals surface area (Å²) in [5, 5.41) is 17.5. The highest BCUT2D eigenvalue weighted by Gasteiger charge is 2.53. The van der Waals surface area contributed by atoms with Crippen LogP contribution in [0.3, 0.4) is 0 Å². The van der Waals surface area contributed by atoms with Gasteiger partial charge in [-0.25, -0.2) is 13.6 Å². The quantitative estimate of drug-likeness (QED) is 0.847. The monoisotopic (exact) mass is 242 g/mol. The van der Waals surface area contributed by atoms with Gasteiger partial charge in [0.15, 0.2) is 11.6 Å². The fourth-order valence-corrected chi connectivity index (χ4v) is 1.81. The summed E-state index contributed by atoms with van der Waals surface area (Å²) < 4.78 is 27.0. The number of aromatic carboxylic acids is 1. The van der Waals surface area contributed by atoms with Crippen LogP contribution in [-0.4, -0.2) is 22.2 Å². The molecule has 1 saturated carbocycles. The summed E-state index contributed by atoms with van der Waals surface area (Å²) in [4.78, 5) is 21.5. The van der Waals surface area contributed by atoms with Gasteiger partial charge >= 0.3 is 11.9 Å². The fraction of sp³-hybridized carbons (Fsp3) is 0.273. The maximum Gasteiger partial charge on any atom is 0.338 e. The van der Waals surface area contributed by atoms with Crippen molar-refractivity contribution in [1.29, 1.82) is 0 Å². The molecular weight excluding hydrogens is 234 g/mol. The third-order valence-electron chi connectivity index (χ3n) is 2.99.